The Bertz CT molecular complexity index is 1700. The maximum absolute atomic E-state index is 14.2. The smallest absolute Gasteiger partial charge is 0.366 e. The third-order valence-electron chi connectivity index (χ3n) is 6.98. The molecule has 5 rings (SSSR count). The van der Waals surface area contributed by atoms with Crippen molar-refractivity contribution in [3.8, 4) is 11.1 Å². The van der Waals surface area contributed by atoms with Crippen molar-refractivity contribution in [3.63, 3.8) is 0 Å². The molecule has 43 heavy (non-hydrogen) atoms. The molecule has 0 bridgehead atoms. The fourth-order valence-corrected chi connectivity index (χ4v) is 5.19. The van der Waals surface area contributed by atoms with Crippen LogP contribution in [0.5, 0.6) is 0 Å². The lowest BCUT2D eigenvalue weighted by Gasteiger charge is -2.22. The molecule has 3 N–H and O–H groups in total. The number of halogens is 6. The molecule has 0 aliphatic carbocycles. The highest BCUT2D eigenvalue weighted by atomic mass is 19.4. The van der Waals surface area contributed by atoms with Gasteiger partial charge in [-0.2, -0.15) is 18.3 Å². The molecule has 14 heteroatoms. The van der Waals surface area contributed by atoms with Crippen LogP contribution in [0.4, 0.5) is 26.3 Å². The largest absolute Gasteiger partial charge is 0.435 e. The van der Waals surface area contributed by atoms with Crippen molar-refractivity contribution in [2.75, 3.05) is 7.05 Å². The molecular formula is C29H24F6N6O2. The molecule has 1 atom stereocenters. The van der Waals surface area contributed by atoms with E-state index in [1.165, 1.54) is 18.3 Å². The van der Waals surface area contributed by atoms with E-state index in [1.807, 2.05) is 0 Å². The Morgan fingerprint density at radius 2 is 1.77 bits per heavy atom. The minimum Gasteiger partial charge on any atom is -0.366 e. The topological polar surface area (TPSA) is 106 Å². The van der Waals surface area contributed by atoms with Crippen molar-refractivity contribution in [1.29, 1.82) is 0 Å². The van der Waals surface area contributed by atoms with Crippen LogP contribution in [-0.4, -0.2) is 38.5 Å². The summed E-state index contributed by atoms with van der Waals surface area (Å²) in [6.45, 7) is -0.415. The van der Waals surface area contributed by atoms with E-state index in [1.54, 1.807) is 24.1 Å². The number of amides is 2. The Kier molecular flexibility index (Phi) is 7.97. The van der Waals surface area contributed by atoms with Crippen LogP contribution in [0.2, 0.25) is 0 Å². The second kappa shape index (κ2) is 11.5. The summed E-state index contributed by atoms with van der Waals surface area (Å²) in [5.41, 5.74) is 5.06. The van der Waals surface area contributed by atoms with Crippen molar-refractivity contribution >= 4 is 11.8 Å². The highest BCUT2D eigenvalue weighted by Gasteiger charge is 2.41. The van der Waals surface area contributed by atoms with Gasteiger partial charge in [0.2, 0.25) is 5.91 Å². The summed E-state index contributed by atoms with van der Waals surface area (Å²) >= 11 is 0. The lowest BCUT2D eigenvalue weighted by molar-refractivity contribution is -0.142. The van der Waals surface area contributed by atoms with Crippen molar-refractivity contribution in [3.05, 3.63) is 106 Å². The number of nitrogens with zero attached hydrogens (tertiary/aromatic N) is 4. The molecule has 1 aliphatic heterocycles. The molecular weight excluding hydrogens is 578 g/mol. The number of carbonyl (C=O) groups is 2. The van der Waals surface area contributed by atoms with Crippen LogP contribution in [0.15, 0.2) is 54.7 Å². The third kappa shape index (κ3) is 6.38. The van der Waals surface area contributed by atoms with E-state index in [0.717, 1.165) is 22.9 Å². The second-order valence-electron chi connectivity index (χ2n) is 10.2. The molecule has 224 valence electrons. The van der Waals surface area contributed by atoms with E-state index in [2.05, 4.69) is 15.4 Å². The first-order valence-corrected chi connectivity index (χ1v) is 12.9. The second-order valence-corrected chi connectivity index (χ2v) is 10.2. The quantitative estimate of drug-likeness (QED) is 0.289. The molecule has 0 radical (unpaired) electrons. The van der Waals surface area contributed by atoms with E-state index >= 15 is 0 Å². The first kappa shape index (κ1) is 29.8. The van der Waals surface area contributed by atoms with Crippen LogP contribution in [-0.2, 0) is 37.0 Å². The van der Waals surface area contributed by atoms with Gasteiger partial charge in [-0.15, -0.1) is 0 Å². The van der Waals surface area contributed by atoms with Crippen LogP contribution < -0.4 is 11.1 Å². The number of hydrogen-bond donors (Lipinski definition) is 2. The normalized spacial score (nSPS) is 14.0. The molecule has 2 aromatic carbocycles. The summed E-state index contributed by atoms with van der Waals surface area (Å²) in [6, 6.07) is 8.49. The van der Waals surface area contributed by atoms with Crippen LogP contribution in [0, 0.1) is 17.5 Å². The number of aromatic nitrogens is 3. The maximum Gasteiger partial charge on any atom is 0.435 e. The van der Waals surface area contributed by atoms with E-state index in [-0.39, 0.29) is 42.0 Å². The first-order chi connectivity index (χ1) is 20.3. The highest BCUT2D eigenvalue weighted by Crippen LogP contribution is 2.36. The van der Waals surface area contributed by atoms with Gasteiger partial charge >= 0.3 is 6.18 Å². The Labute approximate surface area is 241 Å². The average molecular weight is 603 g/mol. The zero-order valence-electron chi connectivity index (χ0n) is 22.6. The molecule has 3 heterocycles. The monoisotopic (exact) mass is 602 g/mol. The molecule has 8 nitrogen and oxygen atoms in total. The number of fused-ring (bicyclic) bond motifs is 1. The molecule has 1 aliphatic rings. The van der Waals surface area contributed by atoms with Crippen molar-refractivity contribution in [2.24, 2.45) is 5.73 Å². The summed E-state index contributed by atoms with van der Waals surface area (Å²) in [5, 5.41) is 6.39. The van der Waals surface area contributed by atoms with E-state index in [9.17, 15) is 35.9 Å². The van der Waals surface area contributed by atoms with Gasteiger partial charge in [0.25, 0.3) is 5.91 Å². The number of pyridine rings is 1. The van der Waals surface area contributed by atoms with Crippen molar-refractivity contribution < 1.29 is 35.9 Å². The zero-order valence-corrected chi connectivity index (χ0v) is 22.6. The van der Waals surface area contributed by atoms with E-state index < -0.39 is 59.3 Å². The number of nitrogens with two attached hydrogens (primary N) is 1. The summed E-state index contributed by atoms with van der Waals surface area (Å²) in [4.78, 5) is 31.1. The number of benzene rings is 2. The average Bonchev–Trinajstić information content (AvgIpc) is 3.45. The SMILES string of the molecule is CN1Cc2c(C(F)(F)F)nn(CC(=O)N[C@@H](Cc3cc(F)cc(F)c3)c3ncccc3-c3ccc(F)c(C(N)=O)c3)c2C1. The Morgan fingerprint density at radius 1 is 1.05 bits per heavy atom. The summed E-state index contributed by atoms with van der Waals surface area (Å²) in [5.74, 6) is -4.33. The van der Waals surface area contributed by atoms with Gasteiger partial charge in [-0.1, -0.05) is 12.1 Å². The van der Waals surface area contributed by atoms with Gasteiger partial charge < -0.3 is 11.1 Å². The summed E-state index contributed by atoms with van der Waals surface area (Å²) in [7, 11) is 1.64. The number of alkyl halides is 3. The fourth-order valence-electron chi connectivity index (χ4n) is 5.19. The van der Waals surface area contributed by atoms with Gasteiger partial charge in [-0.3, -0.25) is 24.2 Å². The summed E-state index contributed by atoms with van der Waals surface area (Å²) in [6.07, 6.45) is -3.50. The number of rotatable bonds is 8. The van der Waals surface area contributed by atoms with Crippen molar-refractivity contribution in [2.45, 2.75) is 38.3 Å². The van der Waals surface area contributed by atoms with Crippen LogP contribution in [0.1, 0.15) is 44.6 Å². The Balaban J connectivity index is 1.52. The van der Waals surface area contributed by atoms with Crippen molar-refractivity contribution in [1.82, 2.24) is 25.0 Å². The predicted octanol–water partition coefficient (Wildman–Crippen LogP) is 4.53. The molecule has 0 unspecified atom stereocenters. The lowest BCUT2D eigenvalue weighted by atomic mass is 9.94. The number of primary amides is 1. The van der Waals surface area contributed by atoms with Crippen LogP contribution >= 0.6 is 0 Å². The Hall–Kier alpha value is -4.72. The molecule has 0 fully saturated rings. The molecule has 2 amide bonds. The molecule has 0 saturated carbocycles. The van der Waals surface area contributed by atoms with Gasteiger partial charge in [0.15, 0.2) is 5.69 Å². The van der Waals surface area contributed by atoms with Gasteiger partial charge in [-0.05, 0) is 54.9 Å². The van der Waals surface area contributed by atoms with Crippen LogP contribution in [0.3, 0.4) is 0 Å². The first-order valence-electron chi connectivity index (χ1n) is 12.9. The van der Waals surface area contributed by atoms with Gasteiger partial charge in [0.05, 0.1) is 23.0 Å². The van der Waals surface area contributed by atoms with Gasteiger partial charge in [0, 0.05) is 36.5 Å². The Morgan fingerprint density at radius 3 is 2.44 bits per heavy atom. The van der Waals surface area contributed by atoms with E-state index in [4.69, 9.17) is 5.73 Å². The maximum atomic E-state index is 14.2. The third-order valence-corrected chi connectivity index (χ3v) is 6.98. The van der Waals surface area contributed by atoms with Crippen LogP contribution in [0.25, 0.3) is 11.1 Å². The molecule has 2 aromatic heterocycles. The summed E-state index contributed by atoms with van der Waals surface area (Å²) < 4.78 is 84.3. The number of hydrogen-bond acceptors (Lipinski definition) is 5. The molecule has 4 aromatic rings. The minimum atomic E-state index is -4.72. The predicted molar refractivity (Wildman–Crippen MR) is 141 cm³/mol. The zero-order chi connectivity index (χ0) is 31.1. The lowest BCUT2D eigenvalue weighted by Crippen LogP contribution is -2.34. The molecule has 0 spiro atoms. The minimum absolute atomic E-state index is 0.0110. The molecule has 0 saturated heterocycles. The fraction of sp³-hybridized carbons (Fsp3) is 0.241. The standard InChI is InChI=1S/C29H24F6N6O2/c1-40-12-21-24(13-40)41(39-27(21)29(33,34)35)14-25(42)38-23(9-15-7-17(30)11-18(31)8-15)26-19(3-2-6-37-26)16-4-5-22(32)20(10-16)28(36)43/h2-8,10-11,23H,9,12-14H2,1H3,(H2,36,43)(H,38,42)/t23-/m0/s1. The van der Waals surface area contributed by atoms with Gasteiger partial charge in [0.1, 0.15) is 24.0 Å². The van der Waals surface area contributed by atoms with Gasteiger partial charge in [-0.25, -0.2) is 13.2 Å². The number of carbonyl (C=O) groups excluding carboxylic acids is 2. The van der Waals surface area contributed by atoms with E-state index in [0.29, 0.717) is 17.2 Å². The number of nitrogens with one attached hydrogen (secondary N) is 1. The highest BCUT2D eigenvalue weighted by molar-refractivity contribution is 5.94.